The summed E-state index contributed by atoms with van der Waals surface area (Å²) in [6, 6.07) is 10.9. The second kappa shape index (κ2) is 12.4. The molecule has 2 aromatic rings. The van der Waals surface area contributed by atoms with Crippen molar-refractivity contribution in [2.75, 3.05) is 34.5 Å². The Kier molecular flexibility index (Phi) is 8.41. The third-order valence-corrected chi connectivity index (χ3v) is 19.7. The van der Waals surface area contributed by atoms with E-state index in [2.05, 4.69) is 62.5 Å². The molecule has 2 aromatic carbocycles. The molecule has 9 aliphatic rings. The molecule has 0 aromatic heterocycles. The molecule has 8 aliphatic carbocycles. The molecule has 0 amide bonds. The van der Waals surface area contributed by atoms with Gasteiger partial charge in [-0.25, -0.2) is 8.51 Å². The molecule has 6 nitrogen and oxygen atoms in total. The Hall–Kier alpha value is -1.82. The number of nitrogens with zero attached hydrogens (tertiary/aromatic N) is 1. The zero-order chi connectivity index (χ0) is 34.6. The summed E-state index contributed by atoms with van der Waals surface area (Å²) in [6.07, 6.45) is 17.1. The van der Waals surface area contributed by atoms with Crippen molar-refractivity contribution in [3.05, 3.63) is 41.5 Å². The van der Waals surface area contributed by atoms with Crippen LogP contribution < -0.4 is 24.3 Å². The summed E-state index contributed by atoms with van der Waals surface area (Å²) >= 11 is 0. The van der Waals surface area contributed by atoms with E-state index >= 15 is 0 Å². The van der Waals surface area contributed by atoms with Crippen LogP contribution in [0.1, 0.15) is 115 Å². The van der Waals surface area contributed by atoms with Crippen molar-refractivity contribution < 1.29 is 23.2 Å². The monoisotopic (exact) mass is 719 g/mol. The quantitative estimate of drug-likeness (QED) is 0.242. The molecule has 11 rings (SSSR count). The molecule has 8 heteroatoms. The summed E-state index contributed by atoms with van der Waals surface area (Å²) in [5, 5.41) is 2.24. The number of hydrogen-bond acceptors (Lipinski definition) is 5. The Bertz CT molecular complexity index is 1550. The highest BCUT2D eigenvalue weighted by atomic mass is 32.2. The van der Waals surface area contributed by atoms with Gasteiger partial charge in [0.25, 0.3) is 0 Å². The zero-order valence-corrected chi connectivity index (χ0v) is 32.9. The predicted molar refractivity (Wildman–Crippen MR) is 203 cm³/mol. The fraction of sp³-hybridized carbons (Fsp3) is 0.714. The van der Waals surface area contributed by atoms with Crippen LogP contribution in [0.4, 0.5) is 0 Å². The first-order valence-corrected chi connectivity index (χ1v) is 22.0. The highest BCUT2D eigenvalue weighted by Crippen LogP contribution is 2.79. The number of benzene rings is 2. The van der Waals surface area contributed by atoms with E-state index in [4.69, 9.17) is 18.9 Å². The van der Waals surface area contributed by atoms with E-state index in [1.807, 2.05) is 0 Å². The first-order valence-electron chi connectivity index (χ1n) is 19.6. The standard InChI is InChI=1S/C42H58NO5PS/c1-40(2,3)50(44)43(4)39(32-7-8-34-37(17-32)48-10-9-47-34)33-18-35(45-5)36(46-6)19-38(33)49(41-20-26-11-27(21-41)13-28(12-26)22-41)42-23-29-14-30(24-42)16-31(15-29)25-42/h7-8,17-19,26-31,39H,9-16,20-25H2,1-6H3/t26?,27?,28?,29?,30?,31?,39-,41?,42?,49?,50+/m0/s1. The van der Waals surface area contributed by atoms with E-state index < -0.39 is 23.7 Å². The van der Waals surface area contributed by atoms with Gasteiger partial charge < -0.3 is 18.9 Å². The number of ether oxygens (including phenoxy) is 4. The second-order valence-corrected chi connectivity index (χ2v) is 23.9. The number of hydrogen-bond donors (Lipinski definition) is 0. The smallest absolute Gasteiger partial charge is 0.161 e. The van der Waals surface area contributed by atoms with Gasteiger partial charge in [-0.1, -0.05) is 14.0 Å². The predicted octanol–water partition coefficient (Wildman–Crippen LogP) is 9.00. The van der Waals surface area contributed by atoms with E-state index in [-0.39, 0.29) is 6.04 Å². The topological polar surface area (TPSA) is 57.2 Å². The summed E-state index contributed by atoms with van der Waals surface area (Å²) in [5.74, 6) is 8.46. The molecule has 8 saturated carbocycles. The lowest BCUT2D eigenvalue weighted by Crippen LogP contribution is -2.58. The van der Waals surface area contributed by atoms with Crippen LogP contribution >= 0.6 is 7.92 Å². The molecule has 1 aliphatic heterocycles. The summed E-state index contributed by atoms with van der Waals surface area (Å²) < 4.78 is 40.8. The summed E-state index contributed by atoms with van der Waals surface area (Å²) in [7, 11) is 3.77. The van der Waals surface area contributed by atoms with Crippen molar-refractivity contribution in [1.82, 2.24) is 4.31 Å². The number of methoxy groups -OCH3 is 2. The van der Waals surface area contributed by atoms with Crippen molar-refractivity contribution >= 4 is 24.2 Å². The van der Waals surface area contributed by atoms with Gasteiger partial charge in [-0.2, -0.15) is 0 Å². The van der Waals surface area contributed by atoms with Gasteiger partial charge in [0.2, 0.25) is 0 Å². The normalized spacial score (nSPS) is 36.8. The maximum atomic E-state index is 14.6. The summed E-state index contributed by atoms with van der Waals surface area (Å²) in [4.78, 5) is 0. The third-order valence-electron chi connectivity index (χ3n) is 14.1. The van der Waals surface area contributed by atoms with Gasteiger partial charge in [-0.15, -0.1) is 0 Å². The molecule has 0 spiro atoms. The fourth-order valence-corrected chi connectivity index (χ4v) is 20.0. The highest BCUT2D eigenvalue weighted by molar-refractivity contribution is 7.84. The van der Waals surface area contributed by atoms with Gasteiger partial charge in [0, 0.05) is 7.05 Å². The maximum Gasteiger partial charge on any atom is 0.161 e. The van der Waals surface area contributed by atoms with Gasteiger partial charge in [-0.3, -0.25) is 0 Å². The summed E-state index contributed by atoms with van der Waals surface area (Å²) in [6.45, 7) is 7.37. The Morgan fingerprint density at radius 3 is 1.66 bits per heavy atom. The van der Waals surface area contributed by atoms with Crippen LogP contribution in [0.3, 0.4) is 0 Å². The molecular formula is C42H58NO5PS. The molecule has 0 saturated heterocycles. The van der Waals surface area contributed by atoms with Crippen LogP contribution in [-0.4, -0.2) is 58.1 Å². The summed E-state index contributed by atoms with van der Waals surface area (Å²) in [5.41, 5.74) is 2.35. The van der Waals surface area contributed by atoms with Crippen molar-refractivity contribution in [3.8, 4) is 23.0 Å². The van der Waals surface area contributed by atoms with Crippen molar-refractivity contribution in [1.29, 1.82) is 0 Å². The molecule has 272 valence electrons. The molecule has 0 N–H and O–H groups in total. The SMILES string of the molecule is COc1cc([C@H](c2ccc3c(c2)OCCO3)N(C)[S@](=O)C(C)(C)C)c(P(C23CC4CC(CC(C4)C2)C3)C23CC4CC(CC(C4)C2)C3)cc1OC. The van der Waals surface area contributed by atoms with Crippen molar-refractivity contribution in [2.45, 2.75) is 119 Å². The third kappa shape index (κ3) is 5.56. The van der Waals surface area contributed by atoms with Crippen LogP contribution in [0.25, 0.3) is 0 Å². The molecule has 50 heavy (non-hydrogen) atoms. The van der Waals surface area contributed by atoms with Crippen LogP contribution in [-0.2, 0) is 11.0 Å². The van der Waals surface area contributed by atoms with E-state index in [0.29, 0.717) is 23.5 Å². The second-order valence-electron chi connectivity index (χ2n) is 18.6. The Morgan fingerprint density at radius 1 is 0.740 bits per heavy atom. The minimum atomic E-state index is -1.28. The van der Waals surface area contributed by atoms with Gasteiger partial charge in [0.1, 0.15) is 24.2 Å². The average Bonchev–Trinajstić information content (AvgIpc) is 3.06. The zero-order valence-electron chi connectivity index (χ0n) is 31.2. The first kappa shape index (κ1) is 34.0. The van der Waals surface area contributed by atoms with Gasteiger partial charge in [0.15, 0.2) is 23.0 Å². The van der Waals surface area contributed by atoms with E-state index in [9.17, 15) is 4.21 Å². The average molecular weight is 720 g/mol. The largest absolute Gasteiger partial charge is 0.493 e. The van der Waals surface area contributed by atoms with Crippen LogP contribution in [0.2, 0.25) is 0 Å². The van der Waals surface area contributed by atoms with Crippen LogP contribution in [0.5, 0.6) is 23.0 Å². The van der Waals surface area contributed by atoms with Crippen molar-refractivity contribution in [3.63, 3.8) is 0 Å². The van der Waals surface area contributed by atoms with Gasteiger partial charge in [-0.05, 0) is 184 Å². The molecular weight excluding hydrogens is 662 g/mol. The minimum Gasteiger partial charge on any atom is -0.493 e. The Labute approximate surface area is 304 Å². The van der Waals surface area contributed by atoms with Crippen molar-refractivity contribution in [2.24, 2.45) is 35.5 Å². The van der Waals surface area contributed by atoms with Crippen LogP contribution in [0.15, 0.2) is 30.3 Å². The molecule has 0 unspecified atom stereocenters. The fourth-order valence-electron chi connectivity index (χ4n) is 13.3. The molecule has 8 fully saturated rings. The van der Waals surface area contributed by atoms with Gasteiger partial charge in [0.05, 0.1) is 25.0 Å². The number of rotatable bonds is 9. The minimum absolute atomic E-state index is 0.256. The Balaban J connectivity index is 1.29. The Morgan fingerprint density at radius 2 is 1.20 bits per heavy atom. The van der Waals surface area contributed by atoms with Crippen LogP contribution in [0, 0.1) is 35.5 Å². The highest BCUT2D eigenvalue weighted by Gasteiger charge is 2.63. The lowest BCUT2D eigenvalue weighted by atomic mass is 9.55. The molecule has 2 atom stereocenters. The van der Waals surface area contributed by atoms with E-state index in [1.54, 1.807) is 14.2 Å². The number of fused-ring (bicyclic) bond motifs is 1. The lowest BCUT2D eigenvalue weighted by Gasteiger charge is -2.67. The van der Waals surface area contributed by atoms with E-state index in [0.717, 1.165) is 64.1 Å². The first-order chi connectivity index (χ1) is 24.0. The molecule has 8 bridgehead atoms. The molecule has 0 radical (unpaired) electrons. The molecule has 1 heterocycles. The van der Waals surface area contributed by atoms with E-state index in [1.165, 1.54) is 87.9 Å². The lowest BCUT2D eigenvalue weighted by molar-refractivity contribution is 0.0195. The van der Waals surface area contributed by atoms with Gasteiger partial charge >= 0.3 is 0 Å². The maximum absolute atomic E-state index is 14.6.